The number of imidazole rings is 2. The van der Waals surface area contributed by atoms with E-state index in [4.69, 9.17) is 20.4 Å². The molecule has 6 rings (SSSR count). The third-order valence-corrected chi connectivity index (χ3v) is 7.94. The van der Waals surface area contributed by atoms with E-state index in [0.717, 1.165) is 71.1 Å². The Balaban J connectivity index is 0.000000263. The normalized spacial score (nSPS) is 10.7. The van der Waals surface area contributed by atoms with Crippen LogP contribution >= 0.6 is 12.4 Å². The van der Waals surface area contributed by atoms with Gasteiger partial charge in [-0.15, -0.1) is 12.4 Å². The zero-order valence-electron chi connectivity index (χ0n) is 29.4. The maximum absolute atomic E-state index is 11.1. The van der Waals surface area contributed by atoms with Crippen LogP contribution in [0.2, 0.25) is 0 Å². The molecule has 1 amide bonds. The van der Waals surface area contributed by atoms with Crippen molar-refractivity contribution in [3.8, 4) is 0 Å². The van der Waals surface area contributed by atoms with Crippen molar-refractivity contribution in [1.29, 1.82) is 0 Å². The lowest BCUT2D eigenvalue weighted by atomic mass is 10.1. The van der Waals surface area contributed by atoms with Gasteiger partial charge in [-0.1, -0.05) is 60.7 Å². The van der Waals surface area contributed by atoms with Crippen molar-refractivity contribution in [3.63, 3.8) is 0 Å². The lowest BCUT2D eigenvalue weighted by molar-refractivity contribution is -0.124. The van der Waals surface area contributed by atoms with Gasteiger partial charge in [-0.25, -0.2) is 21.3 Å². The molecule has 0 atom stereocenters. The van der Waals surface area contributed by atoms with Gasteiger partial charge in [0.05, 0.1) is 11.4 Å². The molecule has 0 aliphatic carbocycles. The number of anilines is 2. The number of pyridine rings is 2. The number of benzene rings is 2. The number of amides is 1. The van der Waals surface area contributed by atoms with Gasteiger partial charge < -0.3 is 15.8 Å². The minimum Gasteiger partial charge on any atom is -0.373 e. The fourth-order valence-electron chi connectivity index (χ4n) is 5.53. The summed E-state index contributed by atoms with van der Waals surface area (Å²) in [6, 6.07) is 28.5. The summed E-state index contributed by atoms with van der Waals surface area (Å²) in [5, 5.41) is 21.5. The molecular weight excluding hydrogens is 680 g/mol. The molecule has 0 bridgehead atoms. The largest absolute Gasteiger partial charge is 0.373 e. The number of allylic oxidation sites excluding steroid dienone is 1. The van der Waals surface area contributed by atoms with Gasteiger partial charge in [0.1, 0.15) is 22.9 Å². The number of ketones is 1. The Bertz CT molecular complexity index is 2090. The lowest BCUT2D eigenvalue weighted by Gasteiger charge is -2.05. The molecule has 4 aromatic heterocycles. The van der Waals surface area contributed by atoms with Crippen LogP contribution in [-0.2, 0) is 35.3 Å². The number of nitrogens with one attached hydrogen (secondary N) is 3. The molecule has 0 radical (unpaired) electrons. The Kier molecular flexibility index (Phi) is 16.2. The van der Waals surface area contributed by atoms with Gasteiger partial charge in [0.25, 0.3) is 5.91 Å². The van der Waals surface area contributed by atoms with E-state index in [0.29, 0.717) is 0 Å². The van der Waals surface area contributed by atoms with E-state index in [1.54, 1.807) is 24.6 Å². The van der Waals surface area contributed by atoms with Gasteiger partial charge >= 0.3 is 0 Å². The summed E-state index contributed by atoms with van der Waals surface area (Å²) in [5.74, 6) is 4.91. The third kappa shape index (κ3) is 11.1. The van der Waals surface area contributed by atoms with Crippen LogP contribution in [0.25, 0.3) is 23.4 Å². The van der Waals surface area contributed by atoms with Gasteiger partial charge in [0.2, 0.25) is 0 Å². The summed E-state index contributed by atoms with van der Waals surface area (Å²) in [6.45, 7) is 1.55. The number of aryl methyl sites for hydroxylation is 4. The van der Waals surface area contributed by atoms with Gasteiger partial charge in [0.15, 0.2) is 5.78 Å². The number of halogens is 1. The molecule has 0 saturated carbocycles. The Hall–Kier alpha value is -5.79. The first-order valence-corrected chi connectivity index (χ1v) is 16.4. The molecule has 0 spiro atoms. The topological polar surface area (TPSA) is 171 Å². The Labute approximate surface area is 309 Å². The van der Waals surface area contributed by atoms with Crippen molar-refractivity contribution in [3.05, 3.63) is 143 Å². The Morgan fingerprint density at radius 3 is 1.48 bits per heavy atom. The average Bonchev–Trinajstić information content (AvgIpc) is 3.72. The number of nitrogens with two attached hydrogens (primary N) is 1. The molecule has 4 heterocycles. The molecule has 6 aromatic rings. The van der Waals surface area contributed by atoms with Gasteiger partial charge in [-0.05, 0) is 97.4 Å². The van der Waals surface area contributed by atoms with Crippen LogP contribution in [0.4, 0.5) is 11.6 Å². The standard InChI is InChI=1S/C20H21N3O.C19H20N4O2.ClH.H3NO/c1-15(24)8-9-17-11-13-19-22-18(20(21-2)23(19)14-17)12-10-16-6-4-3-5-7-16;1-20-19-16(10-7-14-5-3-2-4-6-14)21-17-11-8-15(13-23(17)19)9-12-18(24)22-25;;1-2/h3-9,11,13-14,21H,10,12H2,1-2H3;2-6,8-9,11-13,20,25H,7,10H2,1H3,(H,22,24);1H;2H,1H2/b9-8+;12-9+;;. The summed E-state index contributed by atoms with van der Waals surface area (Å²) >= 11 is 0. The second kappa shape index (κ2) is 20.8. The van der Waals surface area contributed by atoms with E-state index in [9.17, 15) is 9.59 Å². The van der Waals surface area contributed by atoms with Crippen LogP contribution in [0.5, 0.6) is 0 Å². The van der Waals surface area contributed by atoms with Crippen LogP contribution in [0, 0.1) is 0 Å². The number of aromatic nitrogens is 4. The fourth-order valence-corrected chi connectivity index (χ4v) is 5.53. The smallest absolute Gasteiger partial charge is 0.267 e. The molecule has 0 aliphatic heterocycles. The molecule has 2 aromatic carbocycles. The van der Waals surface area contributed by atoms with Gasteiger partial charge in [-0.3, -0.25) is 23.6 Å². The molecule has 12 nitrogen and oxygen atoms in total. The number of hydroxylamine groups is 1. The zero-order valence-corrected chi connectivity index (χ0v) is 30.2. The molecule has 0 saturated heterocycles. The average molecular weight is 725 g/mol. The van der Waals surface area contributed by atoms with E-state index >= 15 is 0 Å². The summed E-state index contributed by atoms with van der Waals surface area (Å²) < 4.78 is 4.01. The fraction of sp³-hybridized carbons (Fsp3) is 0.179. The van der Waals surface area contributed by atoms with E-state index in [-0.39, 0.29) is 18.2 Å². The molecule has 7 N–H and O–H groups in total. The summed E-state index contributed by atoms with van der Waals surface area (Å²) in [6.07, 6.45) is 13.8. The van der Waals surface area contributed by atoms with Crippen LogP contribution in [-0.4, -0.2) is 55.0 Å². The van der Waals surface area contributed by atoms with E-state index in [1.807, 2.05) is 89.9 Å². The molecule has 272 valence electrons. The van der Waals surface area contributed by atoms with Crippen molar-refractivity contribution >= 4 is 59.2 Å². The zero-order chi connectivity index (χ0) is 36.6. The predicted molar refractivity (Wildman–Crippen MR) is 209 cm³/mol. The van der Waals surface area contributed by atoms with Gasteiger partial charge in [0, 0.05) is 32.6 Å². The second-order valence-corrected chi connectivity index (χ2v) is 11.4. The lowest BCUT2D eigenvalue weighted by Crippen LogP contribution is -2.14. The monoisotopic (exact) mass is 724 g/mol. The molecule has 13 heteroatoms. The minimum atomic E-state index is -0.567. The number of carbonyl (C=O) groups is 2. The van der Waals surface area contributed by atoms with Crippen molar-refractivity contribution in [2.45, 2.75) is 32.6 Å². The summed E-state index contributed by atoms with van der Waals surface area (Å²) in [5.41, 5.74) is 9.76. The Morgan fingerprint density at radius 2 is 1.10 bits per heavy atom. The first kappa shape index (κ1) is 40.6. The first-order chi connectivity index (χ1) is 24.9. The van der Waals surface area contributed by atoms with Crippen LogP contribution < -0.4 is 22.0 Å². The minimum absolute atomic E-state index is 0. The SMILES string of the molecule is CNc1c(CCc2ccccc2)nc2ccc(/C=C/C(=O)NO)cn12.CNc1c(CCc2ccccc2)nc2ccc(/C=C/C(C)=O)cn12.Cl.NO. The Morgan fingerprint density at radius 1 is 0.673 bits per heavy atom. The summed E-state index contributed by atoms with van der Waals surface area (Å²) in [7, 11) is 3.78. The number of nitrogens with zero attached hydrogens (tertiary/aromatic N) is 4. The number of hydrogen-bond donors (Lipinski definition) is 6. The van der Waals surface area contributed by atoms with E-state index < -0.39 is 5.91 Å². The van der Waals surface area contributed by atoms with Crippen LogP contribution in [0.15, 0.2) is 109 Å². The molecule has 52 heavy (non-hydrogen) atoms. The highest BCUT2D eigenvalue weighted by atomic mass is 35.5. The van der Waals surface area contributed by atoms with Crippen LogP contribution in [0.1, 0.15) is 40.6 Å². The van der Waals surface area contributed by atoms with Crippen molar-refractivity contribution in [2.75, 3.05) is 24.7 Å². The number of hydrogen-bond acceptors (Lipinski definition) is 9. The van der Waals surface area contributed by atoms with Crippen molar-refractivity contribution in [1.82, 2.24) is 24.2 Å². The number of rotatable bonds is 12. The highest BCUT2D eigenvalue weighted by molar-refractivity contribution is 5.91. The highest BCUT2D eigenvalue weighted by Gasteiger charge is 2.12. The maximum atomic E-state index is 11.1. The molecule has 0 aliphatic rings. The molecule has 0 fully saturated rings. The predicted octanol–water partition coefficient (Wildman–Crippen LogP) is 6.20. The quantitative estimate of drug-likeness (QED) is 0.0489. The van der Waals surface area contributed by atoms with Crippen LogP contribution in [0.3, 0.4) is 0 Å². The van der Waals surface area contributed by atoms with Crippen molar-refractivity contribution in [2.24, 2.45) is 5.90 Å². The molecular formula is C39H45ClN8O4. The first-order valence-electron chi connectivity index (χ1n) is 16.4. The second-order valence-electron chi connectivity index (χ2n) is 11.4. The van der Waals surface area contributed by atoms with Gasteiger partial charge in [-0.2, -0.15) is 0 Å². The van der Waals surface area contributed by atoms with E-state index in [2.05, 4.69) is 52.9 Å². The maximum Gasteiger partial charge on any atom is 0.267 e. The summed E-state index contributed by atoms with van der Waals surface area (Å²) in [4.78, 5) is 31.7. The van der Waals surface area contributed by atoms with E-state index in [1.165, 1.54) is 17.2 Å². The number of carbonyl (C=O) groups excluding carboxylic acids is 2. The molecule has 0 unspecified atom stereocenters. The highest BCUT2D eigenvalue weighted by Crippen LogP contribution is 2.22. The van der Waals surface area contributed by atoms with Crippen molar-refractivity contribution < 1.29 is 20.0 Å². The number of fused-ring (bicyclic) bond motifs is 2. The third-order valence-electron chi connectivity index (χ3n) is 7.94.